The molecule has 0 aliphatic rings. The Hall–Kier alpha value is 0.408. The first-order valence-electron chi connectivity index (χ1n) is 9.18. The molecule has 0 radical (unpaired) electrons. The van der Waals surface area contributed by atoms with Crippen molar-refractivity contribution in [3.05, 3.63) is 0 Å². The number of rotatable bonds is 11. The van der Waals surface area contributed by atoms with Crippen LogP contribution >= 0.6 is 7.82 Å². The van der Waals surface area contributed by atoms with Gasteiger partial charge < -0.3 is 17.3 Å². The van der Waals surface area contributed by atoms with Gasteiger partial charge in [-0.1, -0.05) is 0 Å². The van der Waals surface area contributed by atoms with Crippen LogP contribution in [0.1, 0.15) is 0 Å². The molecule has 7 nitrogen and oxygen atoms in total. The number of carbonyl (C=O) groups excluding carboxylic acids is 1. The maximum absolute atomic E-state index is 13.4. The minimum Gasteiger partial charge on any atom is -0.518 e. The summed E-state index contributed by atoms with van der Waals surface area (Å²) in [5.74, 6) is -0.578. The van der Waals surface area contributed by atoms with Gasteiger partial charge in [0.25, 0.3) is 0 Å². The lowest BCUT2D eigenvalue weighted by molar-refractivity contribution is -0.145. The van der Waals surface area contributed by atoms with Gasteiger partial charge in [0, 0.05) is 0 Å². The summed E-state index contributed by atoms with van der Waals surface area (Å²) in [5, 5.41) is 0. The third-order valence-corrected chi connectivity index (χ3v) is 10.9. The van der Waals surface area contributed by atoms with Gasteiger partial charge in [0.15, 0.2) is 31.1 Å². The zero-order valence-electron chi connectivity index (χ0n) is 19.1. The van der Waals surface area contributed by atoms with E-state index in [2.05, 4.69) is 0 Å². The van der Waals surface area contributed by atoms with Gasteiger partial charge in [-0.3, -0.25) is 9.32 Å². The summed E-state index contributed by atoms with van der Waals surface area (Å²) in [5.41, 5.74) is 0. The van der Waals surface area contributed by atoms with E-state index in [0.29, 0.717) is 0 Å². The van der Waals surface area contributed by atoms with Crippen LogP contribution in [0.25, 0.3) is 0 Å². The highest BCUT2D eigenvalue weighted by Crippen LogP contribution is 2.55. The lowest BCUT2D eigenvalue weighted by Crippen LogP contribution is -2.42. The zero-order valence-corrected chi connectivity index (χ0v) is 24.0. The fraction of sp³-hybridized carbons (Fsp3) is 0.933. The molecule has 162 valence electrons. The van der Waals surface area contributed by atoms with Gasteiger partial charge in [0.05, 0.1) is 6.61 Å². The van der Waals surface area contributed by atoms with Crippen molar-refractivity contribution < 1.29 is 31.2 Å². The molecule has 0 saturated carbocycles. The Morgan fingerprint density at radius 2 is 1.15 bits per heavy atom. The molecule has 0 saturated heterocycles. The average molecular weight is 475 g/mol. The van der Waals surface area contributed by atoms with E-state index < -0.39 is 53.2 Å². The van der Waals surface area contributed by atoms with Gasteiger partial charge >= 0.3 is 13.8 Å². The van der Waals surface area contributed by atoms with Crippen molar-refractivity contribution in [3.8, 4) is 0 Å². The first kappa shape index (κ1) is 27.4. The van der Waals surface area contributed by atoms with Gasteiger partial charge in [0.1, 0.15) is 0 Å². The monoisotopic (exact) mass is 474 g/mol. The molecule has 1 unspecified atom stereocenters. The summed E-state index contributed by atoms with van der Waals surface area (Å²) >= 11 is 0. The van der Waals surface area contributed by atoms with Crippen LogP contribution < -0.4 is 0 Å². The first-order chi connectivity index (χ1) is 11.6. The second kappa shape index (κ2) is 9.48. The molecule has 0 aromatic carbocycles. The smallest absolute Gasteiger partial charge is 0.456 e. The van der Waals surface area contributed by atoms with Gasteiger partial charge in [-0.15, -0.1) is 0 Å². The summed E-state index contributed by atoms with van der Waals surface area (Å²) in [7, 11) is -12.6. The van der Waals surface area contributed by atoms with Crippen LogP contribution in [0.3, 0.4) is 0 Å². The zero-order chi connectivity index (χ0) is 21.9. The number of phosphoric acid groups is 1. The van der Waals surface area contributed by atoms with E-state index in [4.69, 9.17) is 21.8 Å². The Labute approximate surface area is 169 Å². The normalized spacial score (nSPS) is 15.6. The molecule has 0 aliphatic heterocycles. The van der Waals surface area contributed by atoms with Crippen LogP contribution in [-0.4, -0.2) is 51.9 Å². The molecule has 0 heterocycles. The molecule has 0 fully saturated rings. The maximum Gasteiger partial charge on any atom is 0.456 e. The van der Waals surface area contributed by atoms with E-state index in [9.17, 15) is 9.36 Å². The van der Waals surface area contributed by atoms with E-state index in [1.54, 1.807) is 0 Å². The topological polar surface area (TPSA) is 80.3 Å². The molecule has 0 N–H and O–H groups in total. The van der Waals surface area contributed by atoms with Crippen molar-refractivity contribution >= 4 is 47.1 Å². The summed E-state index contributed by atoms with van der Waals surface area (Å²) < 4.78 is 42.1. The van der Waals surface area contributed by atoms with Crippen molar-refractivity contribution in [3.63, 3.8) is 0 Å². The first-order valence-corrected chi connectivity index (χ1v) is 24.3. The molecular weight excluding hydrogens is 435 g/mol. The number of hydrogen-bond donors (Lipinski definition) is 0. The van der Waals surface area contributed by atoms with Crippen molar-refractivity contribution in [1.29, 1.82) is 0 Å². The maximum atomic E-state index is 13.4. The molecule has 0 aliphatic carbocycles. The van der Waals surface area contributed by atoms with Gasteiger partial charge in [-0.25, -0.2) is 4.57 Å². The van der Waals surface area contributed by atoms with Crippen molar-refractivity contribution in [2.24, 2.45) is 0 Å². The standard InChI is InChI=1S/C15H39O7PSi4/c1-24(2,3)18-13-14(15(16)20-25(4,5)6)19-23(17,21-26(7,8)9)22-27(10,11)12/h14H,13H2,1-12H3. The van der Waals surface area contributed by atoms with Crippen LogP contribution in [0.15, 0.2) is 0 Å². The molecule has 0 rings (SSSR count). The van der Waals surface area contributed by atoms with Crippen molar-refractivity contribution in [1.82, 2.24) is 0 Å². The third kappa shape index (κ3) is 15.0. The Bertz CT molecular complexity index is 524. The lowest BCUT2D eigenvalue weighted by atomic mass is 10.4. The molecule has 0 bridgehead atoms. The fourth-order valence-corrected chi connectivity index (χ4v) is 9.76. The van der Waals surface area contributed by atoms with Crippen molar-refractivity contribution in [2.75, 3.05) is 6.61 Å². The number of carbonyl (C=O) groups is 1. The molecule has 0 amide bonds. The van der Waals surface area contributed by atoms with Gasteiger partial charge in [-0.2, -0.15) is 0 Å². The Morgan fingerprint density at radius 3 is 1.44 bits per heavy atom. The second-order valence-electron chi connectivity index (χ2n) is 10.4. The predicted molar refractivity (Wildman–Crippen MR) is 120 cm³/mol. The van der Waals surface area contributed by atoms with E-state index in [0.717, 1.165) is 0 Å². The number of hydrogen-bond acceptors (Lipinski definition) is 7. The second-order valence-corrected chi connectivity index (χ2v) is 30.4. The van der Waals surface area contributed by atoms with Crippen LogP contribution in [0.4, 0.5) is 0 Å². The molecular formula is C15H39O7PSi4. The van der Waals surface area contributed by atoms with Gasteiger partial charge in [-0.05, 0) is 78.6 Å². The summed E-state index contributed by atoms with van der Waals surface area (Å²) in [6.45, 7) is 23.0. The SMILES string of the molecule is C[Si](C)(C)OCC(OP(=O)(O[Si](C)(C)C)O[Si](C)(C)C)C(=O)O[Si](C)(C)C. The summed E-state index contributed by atoms with van der Waals surface area (Å²) in [6, 6.07) is 0. The minimum atomic E-state index is -3.95. The third-order valence-electron chi connectivity index (χ3n) is 2.37. The Morgan fingerprint density at radius 1 is 0.741 bits per heavy atom. The van der Waals surface area contributed by atoms with Crippen LogP contribution in [0.5, 0.6) is 0 Å². The molecule has 0 spiro atoms. The molecule has 27 heavy (non-hydrogen) atoms. The van der Waals surface area contributed by atoms with Crippen LogP contribution in [0.2, 0.25) is 78.6 Å². The lowest BCUT2D eigenvalue weighted by Gasteiger charge is -2.33. The quantitative estimate of drug-likeness (QED) is 0.292. The predicted octanol–water partition coefficient (Wildman–Crippen LogP) is 5.41. The molecule has 12 heteroatoms. The van der Waals surface area contributed by atoms with Crippen LogP contribution in [-0.2, 0) is 31.2 Å². The molecule has 1 atom stereocenters. The highest BCUT2D eigenvalue weighted by Gasteiger charge is 2.43. The van der Waals surface area contributed by atoms with E-state index >= 15 is 0 Å². The molecule has 0 aromatic rings. The minimum absolute atomic E-state index is 0.0346. The highest BCUT2D eigenvalue weighted by molar-refractivity contribution is 7.52. The van der Waals surface area contributed by atoms with Gasteiger partial charge in [0.2, 0.25) is 8.32 Å². The molecule has 0 aromatic heterocycles. The van der Waals surface area contributed by atoms with Crippen molar-refractivity contribution in [2.45, 2.75) is 84.7 Å². The van der Waals surface area contributed by atoms with E-state index in [-0.39, 0.29) is 6.61 Å². The Balaban J connectivity index is 5.68. The summed E-state index contributed by atoms with van der Waals surface area (Å²) in [6.07, 6.45) is -1.15. The van der Waals surface area contributed by atoms with E-state index in [1.807, 2.05) is 78.6 Å². The summed E-state index contributed by atoms with van der Waals surface area (Å²) in [4.78, 5) is 12.7. The fourth-order valence-electron chi connectivity index (χ4n) is 1.72. The van der Waals surface area contributed by atoms with Crippen LogP contribution in [0, 0.1) is 0 Å². The highest BCUT2D eigenvalue weighted by atomic mass is 31.2. The largest absolute Gasteiger partial charge is 0.518 e. The van der Waals surface area contributed by atoms with E-state index in [1.165, 1.54) is 0 Å². The Kier molecular flexibility index (Phi) is 9.62. The average Bonchev–Trinajstić information content (AvgIpc) is 2.25.